The molecule has 1 unspecified atom stereocenters. The maximum atomic E-state index is 6.38. The number of hydrogen-bond acceptors (Lipinski definition) is 4. The fraction of sp³-hybridized carbons (Fsp3) is 0.742. The summed E-state index contributed by atoms with van der Waals surface area (Å²) in [5.74, 6) is 1.62. The van der Waals surface area contributed by atoms with Crippen LogP contribution < -0.4 is 0 Å². The average Bonchev–Trinajstić information content (AvgIpc) is 3.24. The second-order valence-electron chi connectivity index (χ2n) is 13.3. The first-order valence-corrected chi connectivity index (χ1v) is 13.9. The third kappa shape index (κ3) is 9.97. The Morgan fingerprint density at radius 2 is 1.28 bits per heavy atom. The van der Waals surface area contributed by atoms with Crippen molar-refractivity contribution in [2.75, 3.05) is 13.2 Å². The highest BCUT2D eigenvalue weighted by Gasteiger charge is 2.26. The first kappa shape index (κ1) is 30.5. The number of benzene rings is 1. The van der Waals surface area contributed by atoms with Crippen LogP contribution in [-0.4, -0.2) is 39.4 Å². The fourth-order valence-electron chi connectivity index (χ4n) is 4.25. The molecule has 0 bridgehead atoms. The van der Waals surface area contributed by atoms with Gasteiger partial charge in [0.15, 0.2) is 0 Å². The van der Waals surface area contributed by atoms with E-state index >= 15 is 0 Å². The van der Waals surface area contributed by atoms with E-state index in [1.165, 1.54) is 11.1 Å². The summed E-state index contributed by atoms with van der Waals surface area (Å²) >= 11 is 0. The molecule has 0 radical (unpaired) electrons. The Labute approximate surface area is 221 Å². The van der Waals surface area contributed by atoms with E-state index in [4.69, 9.17) is 9.47 Å². The van der Waals surface area contributed by atoms with E-state index in [2.05, 4.69) is 117 Å². The zero-order valence-corrected chi connectivity index (χ0v) is 25.0. The second kappa shape index (κ2) is 12.7. The van der Waals surface area contributed by atoms with Crippen LogP contribution in [0.15, 0.2) is 30.5 Å². The fourth-order valence-corrected chi connectivity index (χ4v) is 4.25. The van der Waals surface area contributed by atoms with E-state index in [0.717, 1.165) is 38.0 Å². The van der Waals surface area contributed by atoms with Crippen LogP contribution in [0.5, 0.6) is 0 Å². The van der Waals surface area contributed by atoms with Crippen LogP contribution in [0.25, 0.3) is 0 Å². The lowest BCUT2D eigenvalue weighted by molar-refractivity contribution is -0.0283. The molecule has 0 saturated heterocycles. The van der Waals surface area contributed by atoms with Crippen molar-refractivity contribution in [1.29, 1.82) is 0 Å². The smallest absolute Gasteiger partial charge is 0.0858 e. The molecule has 5 nitrogen and oxygen atoms in total. The van der Waals surface area contributed by atoms with Crippen molar-refractivity contribution in [3.8, 4) is 0 Å². The van der Waals surface area contributed by atoms with Crippen LogP contribution in [0.2, 0.25) is 0 Å². The lowest BCUT2D eigenvalue weighted by Crippen LogP contribution is -2.33. The molecule has 0 saturated carbocycles. The summed E-state index contributed by atoms with van der Waals surface area (Å²) in [6.45, 7) is 25.8. The highest BCUT2D eigenvalue weighted by atomic mass is 16.5. The topological polar surface area (TPSA) is 49.2 Å². The maximum absolute atomic E-state index is 6.38. The van der Waals surface area contributed by atoms with Crippen molar-refractivity contribution in [2.24, 2.45) is 11.8 Å². The Morgan fingerprint density at radius 1 is 0.778 bits per heavy atom. The van der Waals surface area contributed by atoms with Gasteiger partial charge in [-0.3, -0.25) is 0 Å². The Balaban J connectivity index is 1.86. The molecule has 2 aromatic rings. The SMILES string of the molecule is CC(C)CCOC(C)(C)Cc1ccc(CC(C)(C)OCCC(C)(C)n2cc(C(C)C(C)C)nn2)cc1. The molecule has 0 aliphatic rings. The average molecular weight is 500 g/mol. The molecule has 0 aliphatic carbocycles. The summed E-state index contributed by atoms with van der Waals surface area (Å²) in [7, 11) is 0. The van der Waals surface area contributed by atoms with Gasteiger partial charge in [-0.05, 0) is 77.3 Å². The number of ether oxygens (including phenoxy) is 2. The Kier molecular flexibility index (Phi) is 10.8. The lowest BCUT2D eigenvalue weighted by atomic mass is 9.94. The van der Waals surface area contributed by atoms with Gasteiger partial charge in [0.2, 0.25) is 0 Å². The molecule has 36 heavy (non-hydrogen) atoms. The normalized spacial score (nSPS) is 14.1. The van der Waals surface area contributed by atoms with E-state index in [0.29, 0.717) is 24.4 Å². The van der Waals surface area contributed by atoms with Crippen molar-refractivity contribution in [2.45, 2.75) is 125 Å². The minimum atomic E-state index is -0.240. The van der Waals surface area contributed by atoms with Gasteiger partial charge in [0.25, 0.3) is 0 Å². The first-order chi connectivity index (χ1) is 16.6. The second-order valence-corrected chi connectivity index (χ2v) is 13.3. The van der Waals surface area contributed by atoms with Crippen molar-refractivity contribution in [3.05, 3.63) is 47.3 Å². The molecule has 1 aromatic carbocycles. The van der Waals surface area contributed by atoms with E-state index < -0.39 is 0 Å². The van der Waals surface area contributed by atoms with Crippen molar-refractivity contribution >= 4 is 0 Å². The molecule has 1 aromatic heterocycles. The minimum absolute atomic E-state index is 0.149. The summed E-state index contributed by atoms with van der Waals surface area (Å²) in [5, 5.41) is 8.86. The van der Waals surface area contributed by atoms with Gasteiger partial charge in [0.05, 0.1) is 22.4 Å². The van der Waals surface area contributed by atoms with Gasteiger partial charge in [0, 0.05) is 38.2 Å². The third-order valence-corrected chi connectivity index (χ3v) is 7.28. The first-order valence-electron chi connectivity index (χ1n) is 13.9. The highest BCUT2D eigenvalue weighted by Crippen LogP contribution is 2.26. The van der Waals surface area contributed by atoms with Gasteiger partial charge in [-0.2, -0.15) is 0 Å². The van der Waals surface area contributed by atoms with Crippen molar-refractivity contribution < 1.29 is 9.47 Å². The zero-order chi connectivity index (χ0) is 27.1. The van der Waals surface area contributed by atoms with Gasteiger partial charge in [0.1, 0.15) is 0 Å². The Bertz CT molecular complexity index is 910. The number of aromatic nitrogens is 3. The van der Waals surface area contributed by atoms with Crippen LogP contribution >= 0.6 is 0 Å². The standard InChI is InChI=1S/C31H53N3O2/c1-23(2)16-18-35-30(8,9)20-26-12-14-27(15-13-26)21-31(10,11)36-19-17-29(6,7)34-22-28(32-33-34)25(5)24(3)4/h12-15,22-25H,16-21H2,1-11H3. The molecule has 0 N–H and O–H groups in total. The molecule has 0 spiro atoms. The molecular weight excluding hydrogens is 446 g/mol. The summed E-state index contributed by atoms with van der Waals surface area (Å²) in [6.07, 6.45) is 5.88. The Hall–Kier alpha value is -1.72. The maximum Gasteiger partial charge on any atom is 0.0858 e. The molecule has 5 heteroatoms. The lowest BCUT2D eigenvalue weighted by Gasteiger charge is -2.30. The molecular formula is C31H53N3O2. The molecule has 204 valence electrons. The summed E-state index contributed by atoms with van der Waals surface area (Å²) in [5.41, 5.74) is 3.13. The van der Waals surface area contributed by atoms with Crippen LogP contribution in [0.3, 0.4) is 0 Å². The minimum Gasteiger partial charge on any atom is -0.375 e. The largest absolute Gasteiger partial charge is 0.375 e. The number of nitrogens with zero attached hydrogens (tertiary/aromatic N) is 3. The number of rotatable bonds is 15. The van der Waals surface area contributed by atoms with Crippen LogP contribution in [0.4, 0.5) is 0 Å². The van der Waals surface area contributed by atoms with E-state index in [9.17, 15) is 0 Å². The van der Waals surface area contributed by atoms with E-state index in [1.807, 2.05) is 4.68 Å². The van der Waals surface area contributed by atoms with Gasteiger partial charge in [-0.15, -0.1) is 5.10 Å². The quantitative estimate of drug-likeness (QED) is 0.253. The van der Waals surface area contributed by atoms with Crippen LogP contribution in [-0.2, 0) is 27.9 Å². The Morgan fingerprint density at radius 3 is 1.75 bits per heavy atom. The predicted octanol–water partition coefficient (Wildman–Crippen LogP) is 7.58. The van der Waals surface area contributed by atoms with Crippen LogP contribution in [0, 0.1) is 11.8 Å². The van der Waals surface area contributed by atoms with Gasteiger partial charge in [-0.25, -0.2) is 4.68 Å². The summed E-state index contributed by atoms with van der Waals surface area (Å²) in [4.78, 5) is 0. The van der Waals surface area contributed by atoms with E-state index in [-0.39, 0.29) is 16.7 Å². The molecule has 1 atom stereocenters. The van der Waals surface area contributed by atoms with Crippen LogP contribution in [0.1, 0.15) is 112 Å². The molecule has 2 rings (SSSR count). The molecule has 1 heterocycles. The van der Waals surface area contributed by atoms with Gasteiger partial charge in [-0.1, -0.05) is 64.1 Å². The van der Waals surface area contributed by atoms with Gasteiger partial charge >= 0.3 is 0 Å². The third-order valence-electron chi connectivity index (χ3n) is 7.28. The van der Waals surface area contributed by atoms with Gasteiger partial charge < -0.3 is 9.47 Å². The van der Waals surface area contributed by atoms with Crippen molar-refractivity contribution in [1.82, 2.24) is 15.0 Å². The molecule has 0 fully saturated rings. The zero-order valence-electron chi connectivity index (χ0n) is 25.0. The highest BCUT2D eigenvalue weighted by molar-refractivity contribution is 5.24. The number of hydrogen-bond donors (Lipinski definition) is 0. The predicted molar refractivity (Wildman–Crippen MR) is 151 cm³/mol. The molecule has 0 amide bonds. The summed E-state index contributed by atoms with van der Waals surface area (Å²) < 4.78 is 14.5. The monoisotopic (exact) mass is 499 g/mol. The van der Waals surface area contributed by atoms with E-state index in [1.54, 1.807) is 0 Å². The summed E-state index contributed by atoms with van der Waals surface area (Å²) in [6, 6.07) is 8.95. The molecule has 0 aliphatic heterocycles. The van der Waals surface area contributed by atoms with Crippen molar-refractivity contribution in [3.63, 3.8) is 0 Å².